The van der Waals surface area contributed by atoms with Gasteiger partial charge in [0.1, 0.15) is 0 Å². The summed E-state index contributed by atoms with van der Waals surface area (Å²) in [6.07, 6.45) is 0.750. The van der Waals surface area contributed by atoms with Crippen LogP contribution < -0.4 is 5.73 Å². The zero-order chi connectivity index (χ0) is 2.71. The molecule has 0 amide bonds. The van der Waals surface area contributed by atoms with Gasteiger partial charge in [0, 0.05) is 0 Å². The molecule has 0 aromatic carbocycles. The fraction of sp³-hybridized carbons (Fsp3) is 0. The first-order chi connectivity index (χ1) is 1.41. The largest absolute Gasteiger partial charge is 0.390 e. The molecule has 0 fully saturated rings. The van der Waals surface area contributed by atoms with Crippen molar-refractivity contribution in [2.24, 2.45) is 5.73 Å². The number of nitrogens with one attached hydrogen (secondary N) is 1. The molecule has 0 spiro atoms. The van der Waals surface area contributed by atoms with Crippen molar-refractivity contribution in [1.29, 1.82) is 5.41 Å². The van der Waals surface area contributed by atoms with Crippen LogP contribution in [-0.2, 0) is 0 Å². The monoisotopic (exact) mass is 252 g/mol. The van der Waals surface area contributed by atoms with Gasteiger partial charge in [-0.25, -0.2) is 0 Å². The molecule has 0 atom stereocenters. The van der Waals surface area contributed by atoms with Crippen molar-refractivity contribution in [2.45, 2.75) is 0 Å². The Morgan fingerprint density at radius 3 is 1.60 bits per heavy atom. The van der Waals surface area contributed by atoms with Crippen molar-refractivity contribution in [3.8, 4) is 0 Å². The van der Waals surface area contributed by atoms with E-state index in [1.165, 1.54) is 0 Å². The van der Waals surface area contributed by atoms with Crippen LogP contribution in [0.15, 0.2) is 0 Å². The van der Waals surface area contributed by atoms with E-state index in [0.29, 0.717) is 0 Å². The molecule has 0 bridgehead atoms. The molecule has 0 saturated heterocycles. The summed E-state index contributed by atoms with van der Waals surface area (Å²) in [5.74, 6) is 0. The van der Waals surface area contributed by atoms with Gasteiger partial charge in [-0.15, -0.1) is 41.0 Å². The van der Waals surface area contributed by atoms with E-state index < -0.39 is 0 Å². The van der Waals surface area contributed by atoms with Gasteiger partial charge in [0.25, 0.3) is 0 Å². The zero-order valence-electron chi connectivity index (χ0n) is 2.47. The average molecular weight is 253 g/mol. The first-order valence-corrected chi connectivity index (χ1v) is 0.622. The molecule has 3 N–H and O–H groups in total. The van der Waals surface area contributed by atoms with Gasteiger partial charge < -0.3 is 5.73 Å². The van der Waals surface area contributed by atoms with E-state index >= 15 is 0 Å². The maximum atomic E-state index is 5.86. The van der Waals surface area contributed by atoms with Crippen LogP contribution in [0.3, 0.4) is 0 Å². The molecule has 0 aromatic heterocycles. The topological polar surface area (TPSA) is 49.9 Å². The average Bonchev–Trinajstić information content (AvgIpc) is 0.918. The highest BCUT2D eigenvalue weighted by Gasteiger charge is 1.10. The van der Waals surface area contributed by atoms with Crippen LogP contribution in [0.5, 0.6) is 0 Å². The predicted octanol–water partition coefficient (Wildman–Crippen LogP) is 0.748. The number of nitrogens with two attached hydrogens (primary N) is 1. The highest BCUT2D eigenvalue weighted by Crippen LogP contribution is 0.886. The van der Waals surface area contributed by atoms with Gasteiger partial charge in [0.2, 0.25) is 0 Å². The Bertz CT molecular complexity index is 17.1. The summed E-state index contributed by atoms with van der Waals surface area (Å²) in [5, 5.41) is 5.86. The van der Waals surface area contributed by atoms with Crippen LogP contribution in [0, 0.1) is 5.41 Å². The van der Waals surface area contributed by atoms with Crippen LogP contribution in [0.25, 0.3) is 0 Å². The maximum absolute atomic E-state index is 5.86. The van der Waals surface area contributed by atoms with Gasteiger partial charge >= 0.3 is 0 Å². The molecule has 0 heterocycles. The lowest BCUT2D eigenvalue weighted by Gasteiger charge is -1.38. The molecular weight excluding hydrogens is 247 g/mol. The molecular formula is CH6BrIN2. The standard InChI is InChI=1S/CH4N2.BrH.HI/c2-1-3;;/h1H,(H3,2,3);2*1H. The Labute approximate surface area is 58.4 Å². The van der Waals surface area contributed by atoms with Crippen molar-refractivity contribution in [3.63, 3.8) is 0 Å². The smallest absolute Gasteiger partial charge is 0.0765 e. The van der Waals surface area contributed by atoms with E-state index in [1.54, 1.807) is 0 Å². The third-order valence-electron chi connectivity index (χ3n) is 0. The van der Waals surface area contributed by atoms with Crippen molar-refractivity contribution in [1.82, 2.24) is 0 Å². The fourth-order valence-corrected chi connectivity index (χ4v) is 0. The maximum Gasteiger partial charge on any atom is 0.0765 e. The third-order valence-corrected chi connectivity index (χ3v) is 0. The molecule has 0 radical (unpaired) electrons. The summed E-state index contributed by atoms with van der Waals surface area (Å²) in [5.41, 5.74) is 4.39. The predicted molar refractivity (Wildman–Crippen MR) is 38.7 cm³/mol. The normalized spacial score (nSPS) is 2.40. The second-order valence-electron chi connectivity index (χ2n) is 0.167. The summed E-state index contributed by atoms with van der Waals surface area (Å²) < 4.78 is 0. The molecule has 4 heteroatoms. The minimum absolute atomic E-state index is 0. The first-order valence-electron chi connectivity index (χ1n) is 0.622. The van der Waals surface area contributed by atoms with E-state index in [9.17, 15) is 0 Å². The third kappa shape index (κ3) is 72.7. The van der Waals surface area contributed by atoms with E-state index in [2.05, 4.69) is 5.73 Å². The molecule has 0 saturated carbocycles. The second kappa shape index (κ2) is 22.5. The minimum Gasteiger partial charge on any atom is -0.390 e. The number of hydrogen-bond donors (Lipinski definition) is 2. The molecule has 2 nitrogen and oxygen atoms in total. The quantitative estimate of drug-likeness (QED) is 0.373. The first kappa shape index (κ1) is 17.3. The fourth-order valence-electron chi connectivity index (χ4n) is 0. The molecule has 0 aromatic rings. The molecule has 0 aliphatic heterocycles. The van der Waals surface area contributed by atoms with Gasteiger partial charge in [-0.05, 0) is 0 Å². The number of halogens is 2. The van der Waals surface area contributed by atoms with Crippen LogP contribution in [0.2, 0.25) is 0 Å². The molecule has 0 aliphatic carbocycles. The Morgan fingerprint density at radius 2 is 1.60 bits per heavy atom. The molecule has 5 heavy (non-hydrogen) atoms. The van der Waals surface area contributed by atoms with Gasteiger partial charge in [0.05, 0.1) is 6.34 Å². The SMILES string of the molecule is Br.I.N=CN. The summed E-state index contributed by atoms with van der Waals surface area (Å²) in [6.45, 7) is 0. The van der Waals surface area contributed by atoms with E-state index in [4.69, 9.17) is 5.41 Å². The minimum atomic E-state index is 0. The van der Waals surface area contributed by atoms with Gasteiger partial charge in [-0.2, -0.15) is 0 Å². The lowest BCUT2D eigenvalue weighted by atomic mass is 11.4. The summed E-state index contributed by atoms with van der Waals surface area (Å²) >= 11 is 0. The van der Waals surface area contributed by atoms with Crippen LogP contribution in [0.4, 0.5) is 0 Å². The van der Waals surface area contributed by atoms with Crippen LogP contribution in [-0.4, -0.2) is 6.34 Å². The van der Waals surface area contributed by atoms with Gasteiger partial charge in [0.15, 0.2) is 0 Å². The summed E-state index contributed by atoms with van der Waals surface area (Å²) in [4.78, 5) is 0. The highest BCUT2D eigenvalue weighted by atomic mass is 127. The molecule has 0 aliphatic rings. The van der Waals surface area contributed by atoms with E-state index in [0.717, 1.165) is 6.34 Å². The lowest BCUT2D eigenvalue weighted by Crippen LogP contribution is -1.81. The number of hydrogen-bond acceptors (Lipinski definition) is 1. The van der Waals surface area contributed by atoms with Crippen molar-refractivity contribution >= 4 is 47.3 Å². The Hall–Kier alpha value is 0.680. The Kier molecular flexibility index (Phi) is 77.8. The Morgan fingerprint density at radius 1 is 1.60 bits per heavy atom. The van der Waals surface area contributed by atoms with Crippen molar-refractivity contribution in [2.75, 3.05) is 0 Å². The van der Waals surface area contributed by atoms with Crippen molar-refractivity contribution in [3.05, 3.63) is 0 Å². The van der Waals surface area contributed by atoms with E-state index in [-0.39, 0.29) is 41.0 Å². The summed E-state index contributed by atoms with van der Waals surface area (Å²) in [6, 6.07) is 0. The number of rotatable bonds is 0. The molecule has 34 valence electrons. The molecule has 0 unspecified atom stereocenters. The molecule has 0 rings (SSSR count). The van der Waals surface area contributed by atoms with Crippen LogP contribution >= 0.6 is 41.0 Å². The van der Waals surface area contributed by atoms with Crippen LogP contribution in [0.1, 0.15) is 0 Å². The van der Waals surface area contributed by atoms with E-state index in [1.807, 2.05) is 0 Å². The lowest BCUT2D eigenvalue weighted by molar-refractivity contribution is 1.52. The zero-order valence-corrected chi connectivity index (χ0v) is 6.51. The van der Waals surface area contributed by atoms with Crippen molar-refractivity contribution < 1.29 is 0 Å². The second-order valence-corrected chi connectivity index (χ2v) is 0.167. The van der Waals surface area contributed by atoms with Gasteiger partial charge in [-0.3, -0.25) is 5.41 Å². The highest BCUT2D eigenvalue weighted by molar-refractivity contribution is 14.0. The van der Waals surface area contributed by atoms with Gasteiger partial charge in [-0.1, -0.05) is 0 Å². The Balaban J connectivity index is -0.0000000200. The summed E-state index contributed by atoms with van der Waals surface area (Å²) in [7, 11) is 0.